The summed E-state index contributed by atoms with van der Waals surface area (Å²) in [5, 5.41) is 26.9. The van der Waals surface area contributed by atoms with Crippen molar-refractivity contribution in [1.29, 1.82) is 0 Å². The SMILES string of the molecule is C[C@]1(CO)OC[C@@H](O)[C@@H]1O. The maximum Gasteiger partial charge on any atom is 0.117 e. The first-order valence-corrected chi connectivity index (χ1v) is 3.21. The minimum atomic E-state index is -0.975. The molecule has 60 valence electrons. The highest BCUT2D eigenvalue weighted by atomic mass is 16.6. The Bertz CT molecular complexity index is 127. The zero-order valence-corrected chi connectivity index (χ0v) is 5.82. The predicted octanol–water partition coefficient (Wildman–Crippen LogP) is -1.51. The second-order valence-electron chi connectivity index (χ2n) is 2.79. The average Bonchev–Trinajstić information content (AvgIpc) is 2.19. The summed E-state index contributed by atoms with van der Waals surface area (Å²) in [4.78, 5) is 0. The maximum atomic E-state index is 9.18. The van der Waals surface area contributed by atoms with Crippen LogP contribution >= 0.6 is 0 Å². The lowest BCUT2D eigenvalue weighted by Crippen LogP contribution is -2.43. The van der Waals surface area contributed by atoms with E-state index in [0.29, 0.717) is 0 Å². The van der Waals surface area contributed by atoms with E-state index in [4.69, 9.17) is 14.9 Å². The average molecular weight is 148 g/mol. The van der Waals surface area contributed by atoms with Crippen LogP contribution in [0.15, 0.2) is 0 Å². The van der Waals surface area contributed by atoms with Gasteiger partial charge in [-0.1, -0.05) is 0 Å². The summed E-state index contributed by atoms with van der Waals surface area (Å²) >= 11 is 0. The zero-order valence-electron chi connectivity index (χ0n) is 5.82. The summed E-state index contributed by atoms with van der Waals surface area (Å²) in [6.45, 7) is 1.39. The van der Waals surface area contributed by atoms with Crippen LogP contribution in [0.3, 0.4) is 0 Å². The minimum absolute atomic E-state index is 0.0955. The smallest absolute Gasteiger partial charge is 0.117 e. The Morgan fingerprint density at radius 3 is 2.40 bits per heavy atom. The van der Waals surface area contributed by atoms with Crippen molar-refractivity contribution in [3.8, 4) is 0 Å². The van der Waals surface area contributed by atoms with E-state index >= 15 is 0 Å². The molecule has 3 N–H and O–H groups in total. The molecule has 1 rings (SSSR count). The molecule has 0 aromatic heterocycles. The molecule has 4 nitrogen and oxygen atoms in total. The van der Waals surface area contributed by atoms with Crippen LogP contribution in [0.4, 0.5) is 0 Å². The molecule has 4 heteroatoms. The van der Waals surface area contributed by atoms with Gasteiger partial charge in [-0.25, -0.2) is 0 Å². The Labute approximate surface area is 59.1 Å². The van der Waals surface area contributed by atoms with Crippen LogP contribution in [0.25, 0.3) is 0 Å². The molecule has 1 heterocycles. The van der Waals surface area contributed by atoms with Gasteiger partial charge < -0.3 is 20.1 Å². The monoisotopic (exact) mass is 148 g/mol. The Balaban J connectivity index is 2.64. The van der Waals surface area contributed by atoms with E-state index in [0.717, 1.165) is 0 Å². The lowest BCUT2D eigenvalue weighted by Gasteiger charge is -2.24. The first-order valence-electron chi connectivity index (χ1n) is 3.21. The van der Waals surface area contributed by atoms with Crippen molar-refractivity contribution in [1.82, 2.24) is 0 Å². The molecule has 0 spiro atoms. The number of hydrogen-bond donors (Lipinski definition) is 3. The Morgan fingerprint density at radius 2 is 2.20 bits per heavy atom. The van der Waals surface area contributed by atoms with Crippen molar-refractivity contribution < 1.29 is 20.1 Å². The highest BCUT2D eigenvalue weighted by molar-refractivity contribution is 4.93. The Kier molecular flexibility index (Phi) is 1.96. The van der Waals surface area contributed by atoms with Gasteiger partial charge in [0.15, 0.2) is 0 Å². The molecule has 1 aliphatic heterocycles. The molecule has 3 atom stereocenters. The van der Waals surface area contributed by atoms with Gasteiger partial charge in [-0.3, -0.25) is 0 Å². The van der Waals surface area contributed by atoms with E-state index < -0.39 is 17.8 Å². The number of ether oxygens (including phenoxy) is 1. The van der Waals surface area contributed by atoms with Gasteiger partial charge in [-0.05, 0) is 6.92 Å². The normalized spacial score (nSPS) is 48.0. The van der Waals surface area contributed by atoms with Gasteiger partial charge in [-0.2, -0.15) is 0 Å². The van der Waals surface area contributed by atoms with Gasteiger partial charge in [0.1, 0.15) is 17.8 Å². The van der Waals surface area contributed by atoms with Gasteiger partial charge in [0.25, 0.3) is 0 Å². The summed E-state index contributed by atoms with van der Waals surface area (Å²) < 4.78 is 4.96. The van der Waals surface area contributed by atoms with Gasteiger partial charge >= 0.3 is 0 Å². The van der Waals surface area contributed by atoms with Crippen LogP contribution in [0, 0.1) is 0 Å². The van der Waals surface area contributed by atoms with Crippen LogP contribution in [0.1, 0.15) is 6.92 Å². The second-order valence-corrected chi connectivity index (χ2v) is 2.79. The van der Waals surface area contributed by atoms with E-state index in [9.17, 15) is 5.11 Å². The van der Waals surface area contributed by atoms with Crippen LogP contribution < -0.4 is 0 Å². The van der Waals surface area contributed by atoms with Gasteiger partial charge in [-0.15, -0.1) is 0 Å². The van der Waals surface area contributed by atoms with Crippen LogP contribution in [-0.2, 0) is 4.74 Å². The molecule has 10 heavy (non-hydrogen) atoms. The Hall–Kier alpha value is -0.160. The summed E-state index contributed by atoms with van der Waals surface area (Å²) in [6.07, 6.45) is -1.84. The Morgan fingerprint density at radius 1 is 1.60 bits per heavy atom. The van der Waals surface area contributed by atoms with Crippen molar-refractivity contribution >= 4 is 0 Å². The highest BCUT2D eigenvalue weighted by Gasteiger charge is 2.44. The van der Waals surface area contributed by atoms with Crippen molar-refractivity contribution in [3.05, 3.63) is 0 Å². The molecule has 0 unspecified atom stereocenters. The zero-order chi connectivity index (χ0) is 7.78. The molecule has 0 aliphatic carbocycles. The van der Waals surface area contributed by atoms with Crippen molar-refractivity contribution in [2.75, 3.05) is 13.2 Å². The molecule has 0 radical (unpaired) electrons. The molecule has 1 saturated heterocycles. The summed E-state index contributed by atoms with van der Waals surface area (Å²) in [7, 11) is 0. The molecular formula is C6H12O4. The van der Waals surface area contributed by atoms with E-state index in [-0.39, 0.29) is 13.2 Å². The van der Waals surface area contributed by atoms with Crippen molar-refractivity contribution in [2.45, 2.75) is 24.7 Å². The molecule has 0 saturated carbocycles. The van der Waals surface area contributed by atoms with Crippen LogP contribution in [0.5, 0.6) is 0 Å². The largest absolute Gasteiger partial charge is 0.393 e. The lowest BCUT2D eigenvalue weighted by molar-refractivity contribution is -0.0816. The summed E-state index contributed by atoms with van der Waals surface area (Å²) in [5.74, 6) is 0. The first-order chi connectivity index (χ1) is 4.60. The second kappa shape index (κ2) is 2.47. The third-order valence-corrected chi connectivity index (χ3v) is 1.89. The quantitative estimate of drug-likeness (QED) is 0.423. The van der Waals surface area contributed by atoms with E-state index in [2.05, 4.69) is 0 Å². The van der Waals surface area contributed by atoms with Gasteiger partial charge in [0.05, 0.1) is 13.2 Å². The topological polar surface area (TPSA) is 69.9 Å². The van der Waals surface area contributed by atoms with Crippen LogP contribution in [0.2, 0.25) is 0 Å². The van der Waals surface area contributed by atoms with Crippen LogP contribution in [-0.4, -0.2) is 46.3 Å². The third-order valence-electron chi connectivity index (χ3n) is 1.89. The van der Waals surface area contributed by atoms with Crippen molar-refractivity contribution in [2.24, 2.45) is 0 Å². The number of aliphatic hydroxyl groups excluding tert-OH is 3. The molecule has 1 fully saturated rings. The predicted molar refractivity (Wildman–Crippen MR) is 33.5 cm³/mol. The summed E-state index contributed by atoms with van der Waals surface area (Å²) in [6, 6.07) is 0. The van der Waals surface area contributed by atoms with E-state index in [1.54, 1.807) is 6.92 Å². The van der Waals surface area contributed by atoms with Gasteiger partial charge in [0.2, 0.25) is 0 Å². The van der Waals surface area contributed by atoms with E-state index in [1.807, 2.05) is 0 Å². The molecule has 0 aromatic rings. The number of hydrogen-bond acceptors (Lipinski definition) is 4. The number of rotatable bonds is 1. The van der Waals surface area contributed by atoms with E-state index in [1.165, 1.54) is 0 Å². The van der Waals surface area contributed by atoms with Gasteiger partial charge in [0, 0.05) is 0 Å². The molecule has 0 amide bonds. The number of aliphatic hydroxyl groups is 3. The standard InChI is InChI=1S/C6H12O4/c1-6(3-7)5(9)4(8)2-10-6/h4-5,7-9H,2-3H2,1H3/t4-,5+,6-/m1/s1. The molecule has 0 bridgehead atoms. The molecule has 1 aliphatic rings. The fraction of sp³-hybridized carbons (Fsp3) is 1.00. The first kappa shape index (κ1) is 7.94. The van der Waals surface area contributed by atoms with Crippen molar-refractivity contribution in [3.63, 3.8) is 0 Å². The third kappa shape index (κ3) is 1.03. The summed E-state index contributed by atoms with van der Waals surface area (Å²) in [5.41, 5.74) is -0.973. The fourth-order valence-electron chi connectivity index (χ4n) is 0.998. The fourth-order valence-corrected chi connectivity index (χ4v) is 0.998. The maximum absolute atomic E-state index is 9.18. The highest BCUT2D eigenvalue weighted by Crippen LogP contribution is 2.24. The molecular weight excluding hydrogens is 136 g/mol. The molecule has 0 aromatic carbocycles. The minimum Gasteiger partial charge on any atom is -0.393 e. The lowest BCUT2D eigenvalue weighted by atomic mass is 9.99.